The number of hydrogen-bond donors (Lipinski definition) is 1. The Kier molecular flexibility index (Phi) is 5.41. The number of nitro groups is 1. The molecule has 0 atom stereocenters. The Hall–Kier alpha value is -3.34. The summed E-state index contributed by atoms with van der Waals surface area (Å²) >= 11 is 0.868. The zero-order valence-corrected chi connectivity index (χ0v) is 14.2. The zero-order chi connectivity index (χ0) is 19.4. The van der Waals surface area contributed by atoms with E-state index in [1.165, 1.54) is 18.2 Å². The van der Waals surface area contributed by atoms with E-state index in [2.05, 4.69) is 15.5 Å². The molecule has 3 aromatic rings. The number of thioether (sulfide) groups is 1. The molecule has 0 saturated heterocycles. The van der Waals surface area contributed by atoms with Gasteiger partial charge in [-0.1, -0.05) is 23.9 Å². The van der Waals surface area contributed by atoms with E-state index in [9.17, 15) is 23.7 Å². The van der Waals surface area contributed by atoms with E-state index in [0.29, 0.717) is 6.07 Å². The largest absolute Gasteiger partial charge is 0.411 e. The molecule has 2 aromatic carbocycles. The first-order chi connectivity index (χ1) is 12.9. The lowest BCUT2D eigenvalue weighted by atomic mass is 10.2. The van der Waals surface area contributed by atoms with Crippen LogP contribution in [0.5, 0.6) is 0 Å². The van der Waals surface area contributed by atoms with Crippen LogP contribution in [0.25, 0.3) is 11.5 Å². The first kappa shape index (κ1) is 18.5. The highest BCUT2D eigenvalue weighted by Gasteiger charge is 2.20. The Morgan fingerprint density at radius 3 is 2.74 bits per heavy atom. The molecule has 0 aliphatic rings. The Morgan fingerprint density at radius 1 is 1.22 bits per heavy atom. The molecule has 27 heavy (non-hydrogen) atoms. The van der Waals surface area contributed by atoms with Gasteiger partial charge in [-0.3, -0.25) is 14.9 Å². The number of carbonyl (C=O) groups is 1. The van der Waals surface area contributed by atoms with Crippen molar-refractivity contribution >= 4 is 29.0 Å². The molecule has 0 saturated carbocycles. The molecule has 0 bridgehead atoms. The van der Waals surface area contributed by atoms with Gasteiger partial charge in [0.15, 0.2) is 0 Å². The molecule has 0 aliphatic carbocycles. The van der Waals surface area contributed by atoms with E-state index in [1.807, 2.05) is 0 Å². The predicted molar refractivity (Wildman–Crippen MR) is 92.1 cm³/mol. The van der Waals surface area contributed by atoms with Gasteiger partial charge >= 0.3 is 0 Å². The van der Waals surface area contributed by atoms with Crippen molar-refractivity contribution in [2.75, 3.05) is 11.1 Å². The molecule has 0 unspecified atom stereocenters. The third-order valence-corrected chi connectivity index (χ3v) is 4.09. The van der Waals surface area contributed by atoms with Crippen molar-refractivity contribution in [2.24, 2.45) is 0 Å². The van der Waals surface area contributed by atoms with E-state index < -0.39 is 22.5 Å². The minimum absolute atomic E-state index is 0.0119. The van der Waals surface area contributed by atoms with E-state index in [-0.39, 0.29) is 33.8 Å². The van der Waals surface area contributed by atoms with Crippen molar-refractivity contribution in [1.82, 2.24) is 10.2 Å². The maximum atomic E-state index is 13.5. The number of aromatic nitrogens is 2. The summed E-state index contributed by atoms with van der Waals surface area (Å²) in [6.07, 6.45) is 0. The second-order valence-electron chi connectivity index (χ2n) is 5.11. The number of benzene rings is 2. The highest BCUT2D eigenvalue weighted by molar-refractivity contribution is 7.99. The van der Waals surface area contributed by atoms with Crippen LogP contribution < -0.4 is 5.32 Å². The molecule has 8 nitrogen and oxygen atoms in total. The molecule has 3 rings (SSSR count). The second-order valence-corrected chi connectivity index (χ2v) is 6.03. The van der Waals surface area contributed by atoms with Gasteiger partial charge in [-0.25, -0.2) is 8.78 Å². The standard InChI is InChI=1S/C16H10F2N4O4S/c17-9-5-6-12(11(18)7-9)19-14(23)8-27-16-21-20-15(26-16)10-3-1-2-4-13(10)22(24)25/h1-7H,8H2,(H,19,23). The van der Waals surface area contributed by atoms with Gasteiger partial charge in [0.1, 0.15) is 17.2 Å². The van der Waals surface area contributed by atoms with Crippen LogP contribution in [0, 0.1) is 21.7 Å². The molecule has 138 valence electrons. The maximum Gasteiger partial charge on any atom is 0.282 e. The van der Waals surface area contributed by atoms with Gasteiger partial charge in [0.25, 0.3) is 16.8 Å². The topological polar surface area (TPSA) is 111 Å². The van der Waals surface area contributed by atoms with Gasteiger partial charge in [-0.05, 0) is 18.2 Å². The van der Waals surface area contributed by atoms with Gasteiger partial charge in [-0.15, -0.1) is 10.2 Å². The summed E-state index contributed by atoms with van der Waals surface area (Å²) in [5.74, 6) is -2.47. The third-order valence-electron chi connectivity index (χ3n) is 3.27. The summed E-state index contributed by atoms with van der Waals surface area (Å²) in [6, 6.07) is 8.63. The van der Waals surface area contributed by atoms with Crippen LogP contribution in [0.15, 0.2) is 52.1 Å². The number of hydrogen-bond acceptors (Lipinski definition) is 7. The van der Waals surface area contributed by atoms with Gasteiger partial charge in [0.05, 0.1) is 16.4 Å². The number of halogens is 2. The number of nitrogens with zero attached hydrogens (tertiary/aromatic N) is 3. The Labute approximate surface area is 154 Å². The number of anilines is 1. The van der Waals surface area contributed by atoms with Gasteiger partial charge in [0, 0.05) is 12.1 Å². The average molecular weight is 392 g/mol. The predicted octanol–water partition coefficient (Wildman–Crippen LogP) is 3.65. The molecule has 0 aliphatic heterocycles. The fourth-order valence-electron chi connectivity index (χ4n) is 2.10. The molecule has 1 heterocycles. The minimum atomic E-state index is -0.898. The third kappa shape index (κ3) is 4.44. The molecule has 0 spiro atoms. The van der Waals surface area contributed by atoms with Crippen LogP contribution >= 0.6 is 11.8 Å². The number of nitrogens with one attached hydrogen (secondary N) is 1. The molecule has 1 aromatic heterocycles. The second kappa shape index (κ2) is 7.91. The molecule has 0 radical (unpaired) electrons. The van der Waals surface area contributed by atoms with Crippen molar-refractivity contribution in [3.63, 3.8) is 0 Å². The lowest BCUT2D eigenvalue weighted by Crippen LogP contribution is -2.15. The Balaban J connectivity index is 1.65. The molecular formula is C16H10F2N4O4S. The SMILES string of the molecule is O=C(CSc1nnc(-c2ccccc2[N+](=O)[O-])o1)Nc1ccc(F)cc1F. The fraction of sp³-hybridized carbons (Fsp3) is 0.0625. The van der Waals surface area contributed by atoms with Crippen molar-refractivity contribution in [3.05, 3.63) is 64.2 Å². The van der Waals surface area contributed by atoms with Crippen LogP contribution in [0.1, 0.15) is 0 Å². The number of rotatable bonds is 6. The lowest BCUT2D eigenvalue weighted by molar-refractivity contribution is -0.384. The van der Waals surface area contributed by atoms with Crippen molar-refractivity contribution in [2.45, 2.75) is 5.22 Å². The normalized spacial score (nSPS) is 10.6. The van der Waals surface area contributed by atoms with Crippen LogP contribution in [0.3, 0.4) is 0 Å². The zero-order valence-electron chi connectivity index (χ0n) is 13.4. The average Bonchev–Trinajstić information content (AvgIpc) is 3.11. The van der Waals surface area contributed by atoms with Gasteiger partial charge in [-0.2, -0.15) is 0 Å². The molecule has 1 amide bonds. The summed E-state index contributed by atoms with van der Waals surface area (Å²) in [4.78, 5) is 22.3. The minimum Gasteiger partial charge on any atom is -0.411 e. The van der Waals surface area contributed by atoms with Crippen LogP contribution in [-0.4, -0.2) is 26.8 Å². The quantitative estimate of drug-likeness (QED) is 0.387. The van der Waals surface area contributed by atoms with Crippen molar-refractivity contribution < 1.29 is 22.9 Å². The lowest BCUT2D eigenvalue weighted by Gasteiger charge is -2.05. The van der Waals surface area contributed by atoms with Crippen LogP contribution in [0.4, 0.5) is 20.2 Å². The highest BCUT2D eigenvalue weighted by Crippen LogP contribution is 2.30. The number of carbonyl (C=O) groups excluding carboxylic acids is 1. The fourth-order valence-corrected chi connectivity index (χ4v) is 2.66. The maximum absolute atomic E-state index is 13.5. The first-order valence-electron chi connectivity index (χ1n) is 7.39. The van der Waals surface area contributed by atoms with Gasteiger partial charge < -0.3 is 9.73 Å². The van der Waals surface area contributed by atoms with Crippen LogP contribution in [0.2, 0.25) is 0 Å². The number of para-hydroxylation sites is 1. The van der Waals surface area contributed by atoms with Gasteiger partial charge in [0.2, 0.25) is 5.91 Å². The van der Waals surface area contributed by atoms with E-state index in [4.69, 9.17) is 4.42 Å². The summed E-state index contributed by atoms with van der Waals surface area (Å²) < 4.78 is 31.7. The van der Waals surface area contributed by atoms with E-state index in [0.717, 1.165) is 23.9 Å². The number of amides is 1. The van der Waals surface area contributed by atoms with E-state index >= 15 is 0 Å². The Morgan fingerprint density at radius 2 is 2.00 bits per heavy atom. The van der Waals surface area contributed by atoms with Crippen molar-refractivity contribution in [3.8, 4) is 11.5 Å². The monoisotopic (exact) mass is 392 g/mol. The molecule has 11 heteroatoms. The summed E-state index contributed by atoms with van der Waals surface area (Å²) in [5, 5.41) is 20.8. The molecule has 0 fully saturated rings. The highest BCUT2D eigenvalue weighted by atomic mass is 32.2. The summed E-state index contributed by atoms with van der Waals surface area (Å²) in [5.41, 5.74) is -0.199. The molecule has 1 N–H and O–H groups in total. The summed E-state index contributed by atoms with van der Waals surface area (Å²) in [6.45, 7) is 0. The van der Waals surface area contributed by atoms with E-state index in [1.54, 1.807) is 6.07 Å². The van der Waals surface area contributed by atoms with Crippen molar-refractivity contribution in [1.29, 1.82) is 0 Å². The summed E-state index contributed by atoms with van der Waals surface area (Å²) in [7, 11) is 0. The number of nitro benzene ring substituents is 1. The molecular weight excluding hydrogens is 382 g/mol. The Bertz CT molecular complexity index is 1010. The first-order valence-corrected chi connectivity index (χ1v) is 8.37. The smallest absolute Gasteiger partial charge is 0.282 e. The van der Waals surface area contributed by atoms with Crippen LogP contribution in [-0.2, 0) is 4.79 Å².